The third-order valence-electron chi connectivity index (χ3n) is 3.94. The topological polar surface area (TPSA) is 69.6 Å². The number of hydrogen-bond acceptors (Lipinski definition) is 3. The summed E-state index contributed by atoms with van der Waals surface area (Å²) in [5.41, 5.74) is 0.925. The van der Waals surface area contributed by atoms with Gasteiger partial charge in [-0.15, -0.1) is 12.4 Å². The molecule has 1 aliphatic heterocycles. The van der Waals surface area contributed by atoms with Gasteiger partial charge < -0.3 is 10.4 Å². The van der Waals surface area contributed by atoms with E-state index in [1.54, 1.807) is 26.0 Å². The Kier molecular flexibility index (Phi) is 6.32. The van der Waals surface area contributed by atoms with Crippen molar-refractivity contribution in [2.45, 2.75) is 26.3 Å². The van der Waals surface area contributed by atoms with Crippen molar-refractivity contribution in [1.82, 2.24) is 4.90 Å². The van der Waals surface area contributed by atoms with E-state index in [1.807, 2.05) is 4.90 Å². The van der Waals surface area contributed by atoms with Crippen LogP contribution in [0.2, 0.25) is 0 Å². The Morgan fingerprint density at radius 2 is 2.14 bits per heavy atom. The molecule has 0 aliphatic carbocycles. The van der Waals surface area contributed by atoms with Gasteiger partial charge in [0.2, 0.25) is 5.91 Å². The molecule has 122 valence electrons. The van der Waals surface area contributed by atoms with Gasteiger partial charge in [-0.1, -0.05) is 6.07 Å². The first-order valence-corrected chi connectivity index (χ1v) is 6.92. The van der Waals surface area contributed by atoms with E-state index in [-0.39, 0.29) is 24.1 Å². The number of aryl methyl sites for hydroxylation is 1. The molecule has 0 radical (unpaired) electrons. The smallest absolute Gasteiger partial charge is 0.307 e. The second-order valence-corrected chi connectivity index (χ2v) is 5.45. The van der Waals surface area contributed by atoms with Crippen molar-refractivity contribution in [1.29, 1.82) is 0 Å². The fourth-order valence-corrected chi connectivity index (χ4v) is 2.42. The first-order valence-electron chi connectivity index (χ1n) is 6.92. The molecule has 0 aromatic heterocycles. The quantitative estimate of drug-likeness (QED) is 0.888. The summed E-state index contributed by atoms with van der Waals surface area (Å²) in [6, 6.07) is 4.09. The number of anilines is 1. The highest BCUT2D eigenvalue weighted by Gasteiger charge is 2.33. The maximum atomic E-state index is 13.4. The lowest BCUT2D eigenvalue weighted by Crippen LogP contribution is -2.41. The first kappa shape index (κ1) is 18.4. The zero-order valence-corrected chi connectivity index (χ0v) is 13.3. The molecule has 7 heteroatoms. The molecule has 5 nitrogen and oxygen atoms in total. The summed E-state index contributed by atoms with van der Waals surface area (Å²) >= 11 is 0. The number of likely N-dealkylation sites (tertiary alicyclic amines) is 1. The first-order chi connectivity index (χ1) is 9.88. The van der Waals surface area contributed by atoms with Crippen LogP contribution in [0.25, 0.3) is 0 Å². The number of rotatable bonds is 4. The van der Waals surface area contributed by atoms with E-state index in [4.69, 9.17) is 5.11 Å². The number of halogens is 2. The van der Waals surface area contributed by atoms with Gasteiger partial charge >= 0.3 is 5.97 Å². The number of nitrogens with zero attached hydrogens (tertiary/aromatic N) is 1. The minimum absolute atomic E-state index is 0. The number of carboxylic acids is 1. The zero-order valence-electron chi connectivity index (χ0n) is 12.5. The van der Waals surface area contributed by atoms with Crippen molar-refractivity contribution in [2.24, 2.45) is 5.92 Å². The predicted octanol–water partition coefficient (Wildman–Crippen LogP) is 2.29. The van der Waals surface area contributed by atoms with Crippen LogP contribution in [0.15, 0.2) is 18.2 Å². The normalized spacial score (nSPS) is 19.3. The number of benzene rings is 1. The molecule has 0 spiro atoms. The average molecular weight is 331 g/mol. The lowest BCUT2D eigenvalue weighted by atomic mass is 10.1. The molecule has 1 aromatic rings. The molecule has 0 bridgehead atoms. The molecular weight excluding hydrogens is 311 g/mol. The Labute approximate surface area is 134 Å². The molecule has 1 aromatic carbocycles. The molecule has 2 N–H and O–H groups in total. The van der Waals surface area contributed by atoms with Crippen molar-refractivity contribution in [2.75, 3.05) is 18.4 Å². The van der Waals surface area contributed by atoms with Crippen LogP contribution in [-0.2, 0) is 9.59 Å². The van der Waals surface area contributed by atoms with Gasteiger partial charge in [0.05, 0.1) is 12.0 Å². The van der Waals surface area contributed by atoms with Crippen LogP contribution in [0.3, 0.4) is 0 Å². The lowest BCUT2D eigenvalue weighted by molar-refractivity contribution is -0.141. The van der Waals surface area contributed by atoms with Crippen molar-refractivity contribution in [3.8, 4) is 0 Å². The van der Waals surface area contributed by atoms with Gasteiger partial charge in [0.25, 0.3) is 0 Å². The Balaban J connectivity index is 0.00000242. The van der Waals surface area contributed by atoms with Gasteiger partial charge in [0.15, 0.2) is 0 Å². The Morgan fingerprint density at radius 3 is 2.68 bits per heavy atom. The maximum Gasteiger partial charge on any atom is 0.307 e. The van der Waals surface area contributed by atoms with Gasteiger partial charge in [0, 0.05) is 12.2 Å². The minimum atomic E-state index is -0.828. The van der Waals surface area contributed by atoms with Crippen LogP contribution < -0.4 is 5.32 Å². The Bertz CT molecular complexity index is 568. The summed E-state index contributed by atoms with van der Waals surface area (Å²) < 4.78 is 13.4. The van der Waals surface area contributed by atoms with E-state index in [0.717, 1.165) is 0 Å². The van der Waals surface area contributed by atoms with E-state index >= 15 is 0 Å². The number of nitrogens with one attached hydrogen (secondary N) is 1. The van der Waals surface area contributed by atoms with Crippen molar-refractivity contribution >= 4 is 30.0 Å². The molecule has 2 rings (SSSR count). The van der Waals surface area contributed by atoms with Gasteiger partial charge in [-0.25, -0.2) is 4.39 Å². The van der Waals surface area contributed by atoms with E-state index in [9.17, 15) is 14.0 Å². The summed E-state index contributed by atoms with van der Waals surface area (Å²) in [5.74, 6) is -1.88. The minimum Gasteiger partial charge on any atom is -0.481 e. The predicted molar refractivity (Wildman–Crippen MR) is 83.8 cm³/mol. The van der Waals surface area contributed by atoms with Gasteiger partial charge in [-0.3, -0.25) is 14.5 Å². The molecule has 1 fully saturated rings. The highest BCUT2D eigenvalue weighted by atomic mass is 35.5. The van der Waals surface area contributed by atoms with Crippen molar-refractivity contribution in [3.05, 3.63) is 29.6 Å². The molecule has 1 amide bonds. The maximum absolute atomic E-state index is 13.4. The van der Waals surface area contributed by atoms with E-state index < -0.39 is 17.9 Å². The molecule has 0 saturated carbocycles. The molecule has 1 aliphatic rings. The fourth-order valence-electron chi connectivity index (χ4n) is 2.42. The van der Waals surface area contributed by atoms with Crippen LogP contribution in [-0.4, -0.2) is 41.0 Å². The lowest BCUT2D eigenvalue weighted by Gasteiger charge is -2.23. The Morgan fingerprint density at radius 1 is 1.45 bits per heavy atom. The summed E-state index contributed by atoms with van der Waals surface area (Å²) in [4.78, 5) is 24.9. The molecule has 1 heterocycles. The van der Waals surface area contributed by atoms with E-state index in [2.05, 4.69) is 5.32 Å². The van der Waals surface area contributed by atoms with Crippen LogP contribution in [0.4, 0.5) is 10.1 Å². The largest absolute Gasteiger partial charge is 0.481 e. The summed E-state index contributed by atoms with van der Waals surface area (Å²) in [6.45, 7) is 4.32. The number of carbonyl (C=O) groups is 2. The average Bonchev–Trinajstić information content (AvgIpc) is 2.92. The summed E-state index contributed by atoms with van der Waals surface area (Å²) in [5, 5.41) is 11.6. The number of carboxylic acid groups (broad SMARTS) is 1. The Hall–Kier alpha value is -1.66. The highest BCUT2D eigenvalue weighted by Crippen LogP contribution is 2.20. The van der Waals surface area contributed by atoms with Crippen LogP contribution in [0.5, 0.6) is 0 Å². The van der Waals surface area contributed by atoms with Crippen LogP contribution in [0, 0.1) is 18.7 Å². The van der Waals surface area contributed by atoms with Crippen LogP contribution in [0.1, 0.15) is 18.9 Å². The third-order valence-corrected chi connectivity index (χ3v) is 3.94. The van der Waals surface area contributed by atoms with E-state index in [1.165, 1.54) is 6.07 Å². The third kappa shape index (κ3) is 4.18. The number of hydrogen-bond donors (Lipinski definition) is 2. The SMILES string of the molecule is Cc1ccc(NC(=O)C(C)N2CCC(C(=O)O)C2)cc1F.Cl. The molecule has 1 saturated heterocycles. The monoisotopic (exact) mass is 330 g/mol. The zero-order chi connectivity index (χ0) is 15.6. The number of amides is 1. The highest BCUT2D eigenvalue weighted by molar-refractivity contribution is 5.94. The number of carbonyl (C=O) groups excluding carboxylic acids is 1. The summed E-state index contributed by atoms with van der Waals surface area (Å²) in [6.07, 6.45) is 0.548. The van der Waals surface area contributed by atoms with Crippen LogP contribution >= 0.6 is 12.4 Å². The van der Waals surface area contributed by atoms with Gasteiger partial charge in [-0.2, -0.15) is 0 Å². The molecule has 22 heavy (non-hydrogen) atoms. The standard InChI is InChI=1S/C15H19FN2O3.ClH/c1-9-3-4-12(7-13(9)16)17-14(19)10(2)18-6-5-11(8-18)15(20)21;/h3-4,7,10-11H,5-6,8H2,1-2H3,(H,17,19)(H,20,21);1H. The van der Waals surface area contributed by atoms with E-state index in [0.29, 0.717) is 30.8 Å². The molecular formula is C15H20ClFN2O3. The van der Waals surface area contributed by atoms with Crippen molar-refractivity contribution in [3.63, 3.8) is 0 Å². The summed E-state index contributed by atoms with van der Waals surface area (Å²) in [7, 11) is 0. The van der Waals surface area contributed by atoms with Gasteiger partial charge in [-0.05, 0) is 44.5 Å². The fraction of sp³-hybridized carbons (Fsp3) is 0.467. The second kappa shape index (κ2) is 7.56. The molecule has 2 atom stereocenters. The number of aliphatic carboxylic acids is 1. The van der Waals surface area contributed by atoms with Gasteiger partial charge in [0.1, 0.15) is 5.82 Å². The molecule has 2 unspecified atom stereocenters. The van der Waals surface area contributed by atoms with Crippen molar-refractivity contribution < 1.29 is 19.1 Å². The second-order valence-electron chi connectivity index (χ2n) is 5.45.